The van der Waals surface area contributed by atoms with E-state index in [1.54, 1.807) is 0 Å². The molecule has 0 bridgehead atoms. The lowest BCUT2D eigenvalue weighted by atomic mass is 10.1. The van der Waals surface area contributed by atoms with Crippen LogP contribution in [0.15, 0.2) is 237 Å². The highest BCUT2D eigenvalue weighted by Gasteiger charge is 2.41. The van der Waals surface area contributed by atoms with Crippen molar-refractivity contribution in [3.05, 3.63) is 237 Å². The zero-order chi connectivity index (χ0) is 42.2. The van der Waals surface area contributed by atoms with Gasteiger partial charge in [0.15, 0.2) is 8.07 Å². The van der Waals surface area contributed by atoms with Gasteiger partial charge in [-0.3, -0.25) is 9.97 Å². The molecule has 0 aliphatic heterocycles. The van der Waals surface area contributed by atoms with E-state index in [1.807, 2.05) is 24.8 Å². The van der Waals surface area contributed by atoms with E-state index in [2.05, 4.69) is 236 Å². The molecule has 0 amide bonds. The molecule has 0 spiro atoms. The van der Waals surface area contributed by atoms with Crippen molar-refractivity contribution in [2.75, 3.05) is 0 Å². The summed E-state index contributed by atoms with van der Waals surface area (Å²) < 4.78 is 7.30. The molecule has 5 nitrogen and oxygen atoms in total. The highest BCUT2D eigenvalue weighted by atomic mass is 28.3. The maximum atomic E-state index is 4.52. The van der Waals surface area contributed by atoms with E-state index in [0.717, 1.165) is 49.9 Å². The summed E-state index contributed by atoms with van der Waals surface area (Å²) in [6.45, 7) is 0. The topological polar surface area (TPSA) is 40.6 Å². The van der Waals surface area contributed by atoms with Crippen molar-refractivity contribution >= 4 is 94.2 Å². The minimum absolute atomic E-state index is 1.08. The zero-order valence-corrected chi connectivity index (χ0v) is 35.8. The van der Waals surface area contributed by atoms with Gasteiger partial charge in [0, 0.05) is 74.2 Å². The third kappa shape index (κ3) is 5.23. The first kappa shape index (κ1) is 36.3. The highest BCUT2D eigenvalue weighted by Crippen LogP contribution is 2.43. The molecule has 64 heavy (non-hydrogen) atoms. The first-order chi connectivity index (χ1) is 31.8. The van der Waals surface area contributed by atoms with Crippen LogP contribution in [0.5, 0.6) is 0 Å². The molecule has 0 N–H and O–H groups in total. The average Bonchev–Trinajstić information content (AvgIpc) is 4.01. The quantitative estimate of drug-likeness (QED) is 0.119. The van der Waals surface area contributed by atoms with E-state index in [0.29, 0.717) is 0 Å². The standard InChI is InChI=1S/C58H39N5Si/c1-6-16-40(17-7-1)61-53-29-26-42(62-54-32-34-59-38-50(54)51-39-60-35-33-55(51)62)36-49(53)57-56(61)31-28-47-48-37-46(27-30-52(48)63(58(47)57)41-18-8-2-9-19-41)64(43-20-10-3-11-21-43,44-22-12-4-13-23-44)45-24-14-5-15-25-45/h1-39H. The molecule has 0 unspecified atom stereocenters. The number of pyridine rings is 2. The van der Waals surface area contributed by atoms with Crippen LogP contribution in [0.1, 0.15) is 0 Å². The van der Waals surface area contributed by atoms with Crippen molar-refractivity contribution in [2.45, 2.75) is 0 Å². The predicted molar refractivity (Wildman–Crippen MR) is 269 cm³/mol. The van der Waals surface area contributed by atoms with Crippen LogP contribution in [0.4, 0.5) is 0 Å². The van der Waals surface area contributed by atoms with Gasteiger partial charge in [-0.05, 0) is 87.5 Å². The highest BCUT2D eigenvalue weighted by molar-refractivity contribution is 7.20. The second kappa shape index (κ2) is 14.4. The number of rotatable bonds is 7. The summed E-state index contributed by atoms with van der Waals surface area (Å²) in [6, 6.07) is 78.5. The van der Waals surface area contributed by atoms with Crippen LogP contribution in [-0.2, 0) is 0 Å². The molecule has 6 heteroatoms. The predicted octanol–water partition coefficient (Wildman–Crippen LogP) is 11.1. The van der Waals surface area contributed by atoms with Gasteiger partial charge >= 0.3 is 0 Å². The molecule has 0 atom stereocenters. The molecule has 0 fully saturated rings. The van der Waals surface area contributed by atoms with Gasteiger partial charge in [0.1, 0.15) is 0 Å². The van der Waals surface area contributed by atoms with Crippen molar-refractivity contribution in [1.29, 1.82) is 0 Å². The molecule has 0 saturated carbocycles. The Morgan fingerprint density at radius 2 is 0.750 bits per heavy atom. The summed E-state index contributed by atoms with van der Waals surface area (Å²) in [6.07, 6.45) is 7.67. The number of para-hydroxylation sites is 2. The Morgan fingerprint density at radius 1 is 0.297 bits per heavy atom. The van der Waals surface area contributed by atoms with E-state index in [1.165, 1.54) is 53.3 Å². The van der Waals surface area contributed by atoms with Crippen molar-refractivity contribution in [3.63, 3.8) is 0 Å². The van der Waals surface area contributed by atoms with Crippen LogP contribution in [0.25, 0.3) is 82.5 Å². The van der Waals surface area contributed by atoms with Crippen LogP contribution in [0.2, 0.25) is 0 Å². The minimum atomic E-state index is -2.82. The van der Waals surface area contributed by atoms with Gasteiger partial charge in [-0.15, -0.1) is 0 Å². The summed E-state index contributed by atoms with van der Waals surface area (Å²) in [5.41, 5.74) is 10.2. The van der Waals surface area contributed by atoms with Crippen molar-refractivity contribution in [2.24, 2.45) is 0 Å². The average molecular weight is 834 g/mol. The van der Waals surface area contributed by atoms with Crippen molar-refractivity contribution in [1.82, 2.24) is 23.7 Å². The fourth-order valence-electron chi connectivity index (χ4n) is 10.7. The van der Waals surface area contributed by atoms with E-state index in [-0.39, 0.29) is 0 Å². The summed E-state index contributed by atoms with van der Waals surface area (Å²) in [5, 5.41) is 12.4. The third-order valence-corrected chi connectivity index (χ3v) is 18.1. The Hall–Kier alpha value is -8.32. The maximum Gasteiger partial charge on any atom is 0.179 e. The summed E-state index contributed by atoms with van der Waals surface area (Å²) in [4.78, 5) is 9.04. The van der Waals surface area contributed by atoms with Crippen LogP contribution >= 0.6 is 0 Å². The Kier molecular flexibility index (Phi) is 8.16. The molecule has 0 aliphatic rings. The van der Waals surface area contributed by atoms with E-state index < -0.39 is 8.07 Å². The molecule has 0 radical (unpaired) electrons. The molecule has 13 aromatic rings. The lowest BCUT2D eigenvalue weighted by Gasteiger charge is -2.34. The lowest BCUT2D eigenvalue weighted by molar-refractivity contribution is 1.16. The normalized spacial score (nSPS) is 12.1. The van der Waals surface area contributed by atoms with Gasteiger partial charge in [-0.25, -0.2) is 0 Å². The van der Waals surface area contributed by atoms with Crippen LogP contribution in [-0.4, -0.2) is 31.7 Å². The van der Waals surface area contributed by atoms with Gasteiger partial charge in [0.25, 0.3) is 0 Å². The van der Waals surface area contributed by atoms with Gasteiger partial charge in [-0.2, -0.15) is 0 Å². The van der Waals surface area contributed by atoms with Crippen molar-refractivity contribution in [3.8, 4) is 17.1 Å². The van der Waals surface area contributed by atoms with E-state index in [9.17, 15) is 0 Å². The Balaban J connectivity index is 1.18. The fraction of sp³-hybridized carbons (Fsp3) is 0. The molecule has 5 heterocycles. The second-order valence-electron chi connectivity index (χ2n) is 16.6. The number of nitrogens with zero attached hydrogens (tertiary/aromatic N) is 5. The molecular weight excluding hydrogens is 795 g/mol. The van der Waals surface area contributed by atoms with E-state index in [4.69, 9.17) is 0 Å². The van der Waals surface area contributed by atoms with Crippen LogP contribution in [0.3, 0.4) is 0 Å². The molecule has 0 saturated heterocycles. The van der Waals surface area contributed by atoms with Crippen molar-refractivity contribution < 1.29 is 0 Å². The smallest absolute Gasteiger partial charge is 0.179 e. The fourth-order valence-corrected chi connectivity index (χ4v) is 15.5. The summed E-state index contributed by atoms with van der Waals surface area (Å²) >= 11 is 0. The Labute approximate surface area is 370 Å². The van der Waals surface area contributed by atoms with Crippen LogP contribution in [0, 0.1) is 0 Å². The largest absolute Gasteiger partial charge is 0.309 e. The Bertz CT molecular complexity index is 3730. The SMILES string of the molecule is c1ccc(-n2c3ccc(-n4c5ccncc5c5cnccc54)cc3c3c2ccc2c4cc([Si](c5ccccc5)(c5ccccc5)c5ccccc5)ccc4n(-c4ccccc4)c23)cc1. The van der Waals surface area contributed by atoms with Gasteiger partial charge in [0.2, 0.25) is 0 Å². The molecular formula is C58H39N5Si. The van der Waals surface area contributed by atoms with Gasteiger partial charge in [-0.1, -0.05) is 146 Å². The monoisotopic (exact) mass is 833 g/mol. The molecule has 0 aliphatic carbocycles. The molecule has 5 aromatic heterocycles. The number of aromatic nitrogens is 5. The van der Waals surface area contributed by atoms with E-state index >= 15 is 0 Å². The third-order valence-electron chi connectivity index (χ3n) is 13.3. The molecule has 13 rings (SSSR count). The maximum absolute atomic E-state index is 4.52. The Morgan fingerprint density at radius 3 is 1.31 bits per heavy atom. The second-order valence-corrected chi connectivity index (χ2v) is 20.4. The van der Waals surface area contributed by atoms with Gasteiger partial charge in [0.05, 0.1) is 33.1 Å². The van der Waals surface area contributed by atoms with Crippen LogP contribution < -0.4 is 20.7 Å². The minimum Gasteiger partial charge on any atom is -0.309 e. The number of fused-ring (bicyclic) bond motifs is 10. The number of hydrogen-bond donors (Lipinski definition) is 0. The summed E-state index contributed by atoms with van der Waals surface area (Å²) in [7, 11) is -2.82. The molecule has 300 valence electrons. The number of benzene rings is 8. The first-order valence-electron chi connectivity index (χ1n) is 21.8. The lowest BCUT2D eigenvalue weighted by Crippen LogP contribution is -2.74. The molecule has 8 aromatic carbocycles. The summed E-state index contributed by atoms with van der Waals surface area (Å²) in [5.74, 6) is 0. The first-order valence-corrected chi connectivity index (χ1v) is 23.8. The zero-order valence-electron chi connectivity index (χ0n) is 34.8. The number of hydrogen-bond acceptors (Lipinski definition) is 2. The van der Waals surface area contributed by atoms with Gasteiger partial charge < -0.3 is 13.7 Å².